The van der Waals surface area contributed by atoms with Crippen LogP contribution in [0, 0.1) is 5.82 Å². The van der Waals surface area contributed by atoms with Crippen molar-refractivity contribution in [2.24, 2.45) is 5.10 Å². The molecular weight excluding hydrogens is 340 g/mol. The normalized spacial score (nSPS) is 14.7. The van der Waals surface area contributed by atoms with Crippen LogP contribution >= 0.6 is 27.5 Å². The first kappa shape index (κ1) is 14.0. The molecule has 1 aliphatic rings. The molecule has 19 heavy (non-hydrogen) atoms. The zero-order valence-electron chi connectivity index (χ0n) is 9.47. The van der Waals surface area contributed by atoms with Gasteiger partial charge in [0.2, 0.25) is 5.91 Å². The second-order valence-electron chi connectivity index (χ2n) is 3.79. The van der Waals surface area contributed by atoms with Crippen LogP contribution in [0.5, 0.6) is 0 Å². The maximum absolute atomic E-state index is 13.0. The second-order valence-corrected chi connectivity index (χ2v) is 5.05. The van der Waals surface area contributed by atoms with Gasteiger partial charge in [-0.25, -0.2) is 9.82 Å². The minimum Gasteiger partial charge on any atom is -0.319 e. The first-order valence-corrected chi connectivity index (χ1v) is 6.46. The second kappa shape index (κ2) is 5.66. The Labute approximate surface area is 121 Å². The molecule has 0 unspecified atom stereocenters. The largest absolute Gasteiger partial charge is 0.319 e. The van der Waals surface area contributed by atoms with E-state index in [1.807, 2.05) is 0 Å². The molecular formula is C11H8BrClFN3O2. The van der Waals surface area contributed by atoms with Crippen LogP contribution in [0.25, 0.3) is 0 Å². The third-order valence-corrected chi connectivity index (χ3v) is 3.34. The summed E-state index contributed by atoms with van der Waals surface area (Å²) >= 11 is 8.96. The lowest BCUT2D eigenvalue weighted by molar-refractivity contribution is -0.121. The lowest BCUT2D eigenvalue weighted by Crippen LogP contribution is -2.32. The molecule has 1 aromatic carbocycles. The Hall–Kier alpha value is -1.47. The monoisotopic (exact) mass is 347 g/mol. The van der Waals surface area contributed by atoms with E-state index in [1.165, 1.54) is 6.07 Å². The Morgan fingerprint density at radius 1 is 1.47 bits per heavy atom. The molecule has 0 fully saturated rings. The number of rotatable bonds is 2. The van der Waals surface area contributed by atoms with Gasteiger partial charge in [-0.15, -0.1) is 0 Å². The van der Waals surface area contributed by atoms with Crippen molar-refractivity contribution in [3.8, 4) is 0 Å². The molecule has 2 rings (SSSR count). The SMILES string of the molecule is O=C1CCC(C(=O)Nc2c(Cl)cc(F)cc2Br)=NN1. The molecule has 0 saturated carbocycles. The fraction of sp³-hybridized carbons (Fsp3) is 0.182. The summed E-state index contributed by atoms with van der Waals surface area (Å²) in [7, 11) is 0. The molecule has 0 bridgehead atoms. The van der Waals surface area contributed by atoms with Crippen molar-refractivity contribution in [1.29, 1.82) is 0 Å². The highest BCUT2D eigenvalue weighted by molar-refractivity contribution is 9.10. The maximum Gasteiger partial charge on any atom is 0.271 e. The minimum absolute atomic E-state index is 0.0701. The molecule has 0 spiro atoms. The highest BCUT2D eigenvalue weighted by atomic mass is 79.9. The van der Waals surface area contributed by atoms with E-state index in [0.717, 1.165) is 6.07 Å². The van der Waals surface area contributed by atoms with Gasteiger partial charge in [0.15, 0.2) is 0 Å². The van der Waals surface area contributed by atoms with Crippen LogP contribution < -0.4 is 10.7 Å². The van der Waals surface area contributed by atoms with Crippen LogP contribution in [0.2, 0.25) is 5.02 Å². The number of amides is 2. The summed E-state index contributed by atoms with van der Waals surface area (Å²) in [5.41, 5.74) is 2.66. The zero-order valence-corrected chi connectivity index (χ0v) is 11.8. The quantitative estimate of drug-likeness (QED) is 0.862. The van der Waals surface area contributed by atoms with E-state index in [0.29, 0.717) is 4.47 Å². The van der Waals surface area contributed by atoms with Crippen LogP contribution in [0.3, 0.4) is 0 Å². The maximum atomic E-state index is 13.0. The van der Waals surface area contributed by atoms with E-state index >= 15 is 0 Å². The first-order valence-electron chi connectivity index (χ1n) is 5.28. The number of carbonyl (C=O) groups is 2. The van der Waals surface area contributed by atoms with Crippen molar-refractivity contribution >= 4 is 50.7 Å². The molecule has 100 valence electrons. The Bertz CT molecular complexity index is 568. The van der Waals surface area contributed by atoms with Crippen molar-refractivity contribution in [2.75, 3.05) is 5.32 Å². The summed E-state index contributed by atoms with van der Waals surface area (Å²) in [4.78, 5) is 22.8. The minimum atomic E-state index is -0.517. The van der Waals surface area contributed by atoms with E-state index in [1.54, 1.807) is 0 Å². The van der Waals surface area contributed by atoms with Gasteiger partial charge in [-0.05, 0) is 28.1 Å². The molecule has 1 heterocycles. The number of hydrogen-bond acceptors (Lipinski definition) is 3. The Balaban J connectivity index is 2.18. The van der Waals surface area contributed by atoms with E-state index < -0.39 is 11.7 Å². The van der Waals surface area contributed by atoms with Crippen LogP contribution in [0.4, 0.5) is 10.1 Å². The number of halogens is 3. The molecule has 5 nitrogen and oxygen atoms in total. The Kier molecular flexibility index (Phi) is 4.16. The average molecular weight is 349 g/mol. The number of nitrogens with one attached hydrogen (secondary N) is 2. The predicted octanol–water partition coefficient (Wildman–Crippen LogP) is 2.45. The number of hydrazone groups is 1. The number of anilines is 1. The standard InChI is InChI=1S/C11H8BrClFN3O2/c12-6-3-5(14)4-7(13)10(6)15-11(19)8-1-2-9(18)17-16-8/h3-4H,1-2H2,(H,15,19)(H,17,18). The fourth-order valence-electron chi connectivity index (χ4n) is 1.49. The number of carbonyl (C=O) groups excluding carboxylic acids is 2. The van der Waals surface area contributed by atoms with E-state index in [2.05, 4.69) is 31.8 Å². The van der Waals surface area contributed by atoms with Gasteiger partial charge < -0.3 is 5.32 Å². The summed E-state index contributed by atoms with van der Waals surface area (Å²) in [5.74, 6) is -1.25. The number of benzene rings is 1. The van der Waals surface area contributed by atoms with Crippen LogP contribution in [0.1, 0.15) is 12.8 Å². The van der Waals surface area contributed by atoms with Gasteiger partial charge in [0, 0.05) is 17.3 Å². The van der Waals surface area contributed by atoms with Crippen molar-refractivity contribution in [3.05, 3.63) is 27.4 Å². The van der Waals surface area contributed by atoms with E-state index in [9.17, 15) is 14.0 Å². The fourth-order valence-corrected chi connectivity index (χ4v) is 2.38. The summed E-state index contributed by atoms with van der Waals surface area (Å²) in [6.07, 6.45) is 0.443. The lowest BCUT2D eigenvalue weighted by Gasteiger charge is -2.13. The van der Waals surface area contributed by atoms with Gasteiger partial charge in [0.05, 0.1) is 10.7 Å². The molecule has 0 aromatic heterocycles. The Morgan fingerprint density at radius 2 is 2.21 bits per heavy atom. The topological polar surface area (TPSA) is 70.6 Å². The van der Waals surface area contributed by atoms with Crippen molar-refractivity contribution in [3.63, 3.8) is 0 Å². The molecule has 0 atom stereocenters. The van der Waals surface area contributed by atoms with E-state index in [-0.39, 0.29) is 35.2 Å². The summed E-state index contributed by atoms with van der Waals surface area (Å²) < 4.78 is 13.4. The van der Waals surface area contributed by atoms with Gasteiger partial charge in [-0.1, -0.05) is 11.6 Å². The third kappa shape index (κ3) is 3.30. The van der Waals surface area contributed by atoms with Gasteiger partial charge in [-0.2, -0.15) is 5.10 Å². The molecule has 2 N–H and O–H groups in total. The molecule has 0 saturated heterocycles. The summed E-state index contributed by atoms with van der Waals surface area (Å²) in [6, 6.07) is 2.28. The molecule has 2 amide bonds. The molecule has 1 aliphatic heterocycles. The lowest BCUT2D eigenvalue weighted by atomic mass is 10.1. The van der Waals surface area contributed by atoms with Gasteiger partial charge >= 0.3 is 0 Å². The summed E-state index contributed by atoms with van der Waals surface area (Å²) in [6.45, 7) is 0. The molecule has 0 aliphatic carbocycles. The highest BCUT2D eigenvalue weighted by Gasteiger charge is 2.20. The Morgan fingerprint density at radius 3 is 2.79 bits per heavy atom. The molecule has 0 radical (unpaired) electrons. The number of hydrogen-bond donors (Lipinski definition) is 2. The van der Waals surface area contributed by atoms with Gasteiger partial charge in [0.25, 0.3) is 5.91 Å². The highest BCUT2D eigenvalue weighted by Crippen LogP contribution is 2.31. The number of nitrogens with zero attached hydrogens (tertiary/aromatic N) is 1. The smallest absolute Gasteiger partial charge is 0.271 e. The van der Waals surface area contributed by atoms with Crippen LogP contribution in [-0.4, -0.2) is 17.5 Å². The molecule has 8 heteroatoms. The third-order valence-electron chi connectivity index (χ3n) is 2.41. The van der Waals surface area contributed by atoms with Crippen LogP contribution in [-0.2, 0) is 9.59 Å². The van der Waals surface area contributed by atoms with Crippen molar-refractivity contribution in [2.45, 2.75) is 12.8 Å². The van der Waals surface area contributed by atoms with Crippen molar-refractivity contribution < 1.29 is 14.0 Å². The van der Waals surface area contributed by atoms with Crippen LogP contribution in [0.15, 0.2) is 21.7 Å². The molecule has 1 aromatic rings. The average Bonchev–Trinajstić information content (AvgIpc) is 2.34. The zero-order chi connectivity index (χ0) is 14.0. The van der Waals surface area contributed by atoms with Gasteiger partial charge in [0.1, 0.15) is 11.5 Å². The predicted molar refractivity (Wildman–Crippen MR) is 72.6 cm³/mol. The van der Waals surface area contributed by atoms with Crippen molar-refractivity contribution in [1.82, 2.24) is 5.43 Å². The first-order chi connectivity index (χ1) is 8.97. The van der Waals surface area contributed by atoms with E-state index in [4.69, 9.17) is 11.6 Å². The summed E-state index contributed by atoms with van der Waals surface area (Å²) in [5, 5.41) is 6.25. The van der Waals surface area contributed by atoms with Gasteiger partial charge in [-0.3, -0.25) is 9.59 Å².